The van der Waals surface area contributed by atoms with Gasteiger partial charge in [-0.3, -0.25) is 0 Å². The van der Waals surface area contributed by atoms with E-state index in [1.165, 1.54) is 0 Å². The summed E-state index contributed by atoms with van der Waals surface area (Å²) in [6.07, 6.45) is 0.852. The molecule has 6 heteroatoms. The zero-order chi connectivity index (χ0) is 22.7. The summed E-state index contributed by atoms with van der Waals surface area (Å²) in [5.41, 5.74) is 4.86. The van der Waals surface area contributed by atoms with Crippen LogP contribution in [0.1, 0.15) is 38.3 Å². The Bertz CT molecular complexity index is 1360. The fraction of sp³-hybridized carbons (Fsp3) is 0.231. The Kier molecular flexibility index (Phi) is 6.28. The first-order chi connectivity index (χ1) is 15.6. The largest absolute Gasteiger partial charge is 0.496 e. The number of para-hydroxylation sites is 1. The summed E-state index contributed by atoms with van der Waals surface area (Å²) in [5, 5.41) is 21.0. The topological polar surface area (TPSA) is 71.0 Å². The zero-order valence-electron chi connectivity index (χ0n) is 18.5. The number of hydrogen-bond acceptors (Lipinski definition) is 4. The Hall–Kier alpha value is -3.58. The lowest BCUT2D eigenvalue weighted by molar-refractivity contribution is 0.157. The first kappa shape index (κ1) is 21.6. The van der Waals surface area contributed by atoms with E-state index in [-0.39, 0.29) is 6.10 Å². The average molecular weight is 421 g/mol. The number of rotatable bonds is 7. The van der Waals surface area contributed by atoms with E-state index < -0.39 is 7.12 Å². The van der Waals surface area contributed by atoms with Crippen molar-refractivity contribution in [1.82, 2.24) is 4.57 Å². The van der Waals surface area contributed by atoms with Crippen LogP contribution >= 0.6 is 0 Å². The number of nitriles is 2. The van der Waals surface area contributed by atoms with E-state index in [0.29, 0.717) is 17.7 Å². The Morgan fingerprint density at radius 1 is 0.906 bits per heavy atom. The average Bonchev–Trinajstić information content (AvgIpc) is 3.16. The summed E-state index contributed by atoms with van der Waals surface area (Å²) in [5.74, 6) is 0. The van der Waals surface area contributed by atoms with Crippen LogP contribution in [0.5, 0.6) is 0 Å². The van der Waals surface area contributed by atoms with Gasteiger partial charge in [-0.2, -0.15) is 10.5 Å². The van der Waals surface area contributed by atoms with E-state index in [4.69, 9.17) is 9.31 Å². The maximum Gasteiger partial charge on any atom is 0.496 e. The number of fused-ring (bicyclic) bond motifs is 3. The second-order valence-corrected chi connectivity index (χ2v) is 7.72. The molecule has 5 nitrogen and oxygen atoms in total. The highest BCUT2D eigenvalue weighted by Crippen LogP contribution is 2.32. The minimum absolute atomic E-state index is 0.00137. The molecule has 0 N–H and O–H groups in total. The zero-order valence-corrected chi connectivity index (χ0v) is 18.5. The molecule has 4 aromatic rings. The van der Waals surface area contributed by atoms with Gasteiger partial charge in [-0.1, -0.05) is 25.1 Å². The van der Waals surface area contributed by atoms with E-state index in [2.05, 4.69) is 35.8 Å². The maximum atomic E-state index is 9.56. The van der Waals surface area contributed by atoms with Gasteiger partial charge in [0, 0.05) is 34.6 Å². The molecule has 0 aliphatic heterocycles. The molecule has 3 aromatic carbocycles. The van der Waals surface area contributed by atoms with Gasteiger partial charge in [0.05, 0.1) is 34.3 Å². The number of benzene rings is 3. The first-order valence-corrected chi connectivity index (χ1v) is 10.9. The standard InChI is InChI=1S/C26H24BN3O2/c1-4-18(3)32-27(31-5-2)23-15-20(17-29)11-13-26(23)30-24-9-7-6-8-21(24)22-14-19(16-28)10-12-25(22)30/h6-15,18H,4-5H2,1-3H3. The number of hydrogen-bond donors (Lipinski definition) is 0. The van der Waals surface area contributed by atoms with Gasteiger partial charge in [0.1, 0.15) is 0 Å². The van der Waals surface area contributed by atoms with E-state index in [9.17, 15) is 10.5 Å². The Labute approximate surface area is 188 Å². The quantitative estimate of drug-likeness (QED) is 0.391. The van der Waals surface area contributed by atoms with Crippen molar-refractivity contribution >= 4 is 34.4 Å². The van der Waals surface area contributed by atoms with Crippen LogP contribution in [0.25, 0.3) is 27.5 Å². The van der Waals surface area contributed by atoms with Crippen LogP contribution in [0.3, 0.4) is 0 Å². The summed E-state index contributed by atoms with van der Waals surface area (Å²) in [6, 6.07) is 23.9. The summed E-state index contributed by atoms with van der Waals surface area (Å²) < 4.78 is 14.4. The van der Waals surface area contributed by atoms with Crippen molar-refractivity contribution in [2.75, 3.05) is 6.61 Å². The van der Waals surface area contributed by atoms with Crippen molar-refractivity contribution in [3.8, 4) is 17.8 Å². The maximum absolute atomic E-state index is 9.56. The fourth-order valence-corrected chi connectivity index (χ4v) is 3.98. The minimum atomic E-state index is -0.604. The third-order valence-corrected chi connectivity index (χ3v) is 5.70. The van der Waals surface area contributed by atoms with Crippen molar-refractivity contribution in [2.24, 2.45) is 0 Å². The number of nitrogens with zero attached hydrogens (tertiary/aromatic N) is 3. The van der Waals surface area contributed by atoms with E-state index in [0.717, 1.165) is 39.4 Å². The van der Waals surface area contributed by atoms with E-state index in [1.54, 1.807) is 0 Å². The summed E-state index contributed by atoms with van der Waals surface area (Å²) >= 11 is 0. The smallest absolute Gasteiger partial charge is 0.408 e. The number of aromatic nitrogens is 1. The van der Waals surface area contributed by atoms with Gasteiger partial charge in [-0.05, 0) is 62.7 Å². The van der Waals surface area contributed by atoms with Crippen LogP contribution in [-0.2, 0) is 9.31 Å². The van der Waals surface area contributed by atoms with Crippen molar-refractivity contribution in [2.45, 2.75) is 33.3 Å². The second kappa shape index (κ2) is 9.28. The molecule has 0 radical (unpaired) electrons. The third kappa shape index (κ3) is 3.87. The van der Waals surface area contributed by atoms with Crippen molar-refractivity contribution in [3.63, 3.8) is 0 Å². The Balaban J connectivity index is 2.03. The van der Waals surface area contributed by atoms with Crippen molar-refractivity contribution in [1.29, 1.82) is 10.5 Å². The van der Waals surface area contributed by atoms with Crippen LogP contribution in [0, 0.1) is 22.7 Å². The highest BCUT2D eigenvalue weighted by atomic mass is 16.6. The molecule has 0 aliphatic carbocycles. The Morgan fingerprint density at radius 3 is 2.31 bits per heavy atom. The molecule has 32 heavy (non-hydrogen) atoms. The van der Waals surface area contributed by atoms with Gasteiger partial charge in [0.15, 0.2) is 0 Å². The summed E-state index contributed by atoms with van der Waals surface area (Å²) in [6.45, 7) is 6.50. The van der Waals surface area contributed by atoms with Gasteiger partial charge in [-0.25, -0.2) is 0 Å². The molecule has 158 valence electrons. The molecule has 0 saturated carbocycles. The predicted octanol–water partition coefficient (Wildman–Crippen LogP) is 5.07. The molecule has 4 rings (SSSR count). The molecule has 0 aliphatic rings. The summed E-state index contributed by atoms with van der Waals surface area (Å²) in [7, 11) is -0.604. The molecule has 1 aromatic heterocycles. The predicted molar refractivity (Wildman–Crippen MR) is 128 cm³/mol. The van der Waals surface area contributed by atoms with Gasteiger partial charge in [0.25, 0.3) is 0 Å². The van der Waals surface area contributed by atoms with Crippen LogP contribution in [0.2, 0.25) is 0 Å². The van der Waals surface area contributed by atoms with Crippen LogP contribution in [0.4, 0.5) is 0 Å². The molecular formula is C26H24BN3O2. The summed E-state index contributed by atoms with van der Waals surface area (Å²) in [4.78, 5) is 0. The Morgan fingerprint density at radius 2 is 1.59 bits per heavy atom. The van der Waals surface area contributed by atoms with Crippen molar-refractivity contribution in [3.05, 3.63) is 71.8 Å². The molecule has 0 bridgehead atoms. The lowest BCUT2D eigenvalue weighted by Crippen LogP contribution is -2.41. The first-order valence-electron chi connectivity index (χ1n) is 10.9. The third-order valence-electron chi connectivity index (χ3n) is 5.70. The molecule has 1 unspecified atom stereocenters. The second-order valence-electron chi connectivity index (χ2n) is 7.72. The highest BCUT2D eigenvalue weighted by Gasteiger charge is 2.28. The molecule has 0 saturated heterocycles. The van der Waals surface area contributed by atoms with E-state index >= 15 is 0 Å². The van der Waals surface area contributed by atoms with Gasteiger partial charge >= 0.3 is 7.12 Å². The normalized spacial score (nSPS) is 11.9. The lowest BCUT2D eigenvalue weighted by atomic mass is 9.76. The molecule has 0 amide bonds. The molecule has 1 atom stereocenters. The molecule has 0 spiro atoms. The minimum Gasteiger partial charge on any atom is -0.408 e. The monoisotopic (exact) mass is 421 g/mol. The van der Waals surface area contributed by atoms with Crippen LogP contribution in [0.15, 0.2) is 60.7 Å². The van der Waals surface area contributed by atoms with Gasteiger partial charge in [-0.15, -0.1) is 0 Å². The van der Waals surface area contributed by atoms with Crippen molar-refractivity contribution < 1.29 is 9.31 Å². The molecule has 1 heterocycles. The van der Waals surface area contributed by atoms with Crippen LogP contribution < -0.4 is 5.46 Å². The lowest BCUT2D eigenvalue weighted by Gasteiger charge is -2.22. The van der Waals surface area contributed by atoms with Gasteiger partial charge < -0.3 is 13.9 Å². The van der Waals surface area contributed by atoms with Crippen LogP contribution in [-0.4, -0.2) is 24.4 Å². The molecular weight excluding hydrogens is 397 g/mol. The van der Waals surface area contributed by atoms with E-state index in [1.807, 2.05) is 62.4 Å². The highest BCUT2D eigenvalue weighted by molar-refractivity contribution is 6.62. The fourth-order valence-electron chi connectivity index (χ4n) is 3.98. The SMILES string of the molecule is CCOB(OC(C)CC)c1cc(C#N)ccc1-n1c2ccccc2c2cc(C#N)ccc21. The van der Waals surface area contributed by atoms with Gasteiger partial charge in [0.2, 0.25) is 0 Å². The molecule has 0 fully saturated rings.